The zero-order valence-corrected chi connectivity index (χ0v) is 10.6. The van der Waals surface area contributed by atoms with Gasteiger partial charge >= 0.3 is 0 Å². The van der Waals surface area contributed by atoms with Gasteiger partial charge in [0.15, 0.2) is 5.84 Å². The lowest BCUT2D eigenvalue weighted by Gasteiger charge is -2.24. The van der Waals surface area contributed by atoms with Gasteiger partial charge < -0.3 is 21.0 Å². The Morgan fingerprint density at radius 2 is 2.24 bits per heavy atom. The molecule has 1 aliphatic rings. The minimum Gasteiger partial charge on any atom is -0.409 e. The molecule has 1 amide bonds. The summed E-state index contributed by atoms with van der Waals surface area (Å²) in [4.78, 5) is 11.8. The first-order valence-electron chi connectivity index (χ1n) is 5.71. The maximum atomic E-state index is 11.8. The number of nitrogens with two attached hydrogens (primary N) is 1. The van der Waals surface area contributed by atoms with Crippen molar-refractivity contribution in [1.82, 2.24) is 5.32 Å². The lowest BCUT2D eigenvalue weighted by Crippen LogP contribution is -2.47. The van der Waals surface area contributed by atoms with E-state index in [1.54, 1.807) is 7.11 Å². The van der Waals surface area contributed by atoms with Gasteiger partial charge in [0.1, 0.15) is 0 Å². The number of ether oxygens (including phenoxy) is 1. The molecule has 98 valence electrons. The van der Waals surface area contributed by atoms with Crippen LogP contribution in [-0.4, -0.2) is 35.7 Å². The summed E-state index contributed by atoms with van der Waals surface area (Å²) in [7, 11) is 1.56. The van der Waals surface area contributed by atoms with E-state index in [1.165, 1.54) is 0 Å². The molecular formula is C11H21N3O3. The first-order valence-corrected chi connectivity index (χ1v) is 5.71. The fraction of sp³-hybridized carbons (Fsp3) is 0.818. The Balaban J connectivity index is 2.53. The van der Waals surface area contributed by atoms with E-state index in [1.807, 2.05) is 13.8 Å². The van der Waals surface area contributed by atoms with Gasteiger partial charge in [-0.1, -0.05) is 5.16 Å². The Hall–Kier alpha value is -1.30. The van der Waals surface area contributed by atoms with Crippen molar-refractivity contribution in [2.75, 3.05) is 7.11 Å². The maximum Gasteiger partial charge on any atom is 0.223 e. The molecule has 6 heteroatoms. The third-order valence-electron chi connectivity index (χ3n) is 2.98. The molecule has 0 radical (unpaired) electrons. The van der Waals surface area contributed by atoms with E-state index in [2.05, 4.69) is 10.5 Å². The van der Waals surface area contributed by atoms with Crippen LogP contribution in [0, 0.1) is 5.92 Å². The normalized spacial score (nSPS) is 18.9. The third-order valence-corrected chi connectivity index (χ3v) is 2.98. The molecule has 0 aliphatic heterocycles. The van der Waals surface area contributed by atoms with Crippen molar-refractivity contribution < 1.29 is 14.7 Å². The summed E-state index contributed by atoms with van der Waals surface area (Å²) in [5.74, 6) is 0.205. The lowest BCUT2D eigenvalue weighted by molar-refractivity contribution is -0.126. The van der Waals surface area contributed by atoms with Crippen molar-refractivity contribution in [2.45, 2.75) is 44.8 Å². The molecular weight excluding hydrogens is 222 g/mol. The van der Waals surface area contributed by atoms with Gasteiger partial charge in [0, 0.05) is 7.11 Å². The van der Waals surface area contributed by atoms with Gasteiger partial charge in [0.2, 0.25) is 5.91 Å². The first-order chi connectivity index (χ1) is 7.89. The second-order valence-corrected chi connectivity index (χ2v) is 5.05. The van der Waals surface area contributed by atoms with E-state index >= 15 is 0 Å². The summed E-state index contributed by atoms with van der Waals surface area (Å²) in [6, 6.07) is -0.361. The molecule has 1 unspecified atom stereocenters. The Labute approximate surface area is 101 Å². The van der Waals surface area contributed by atoms with Crippen LogP contribution in [0.4, 0.5) is 0 Å². The average Bonchev–Trinajstić information content (AvgIpc) is 3.08. The number of carbonyl (C=O) groups excluding carboxylic acids is 1. The highest BCUT2D eigenvalue weighted by molar-refractivity contribution is 5.90. The molecule has 0 aromatic heterocycles. The second kappa shape index (κ2) is 5.35. The number of methoxy groups -OCH3 is 1. The maximum absolute atomic E-state index is 11.8. The molecule has 6 nitrogen and oxygen atoms in total. The molecule has 1 aliphatic carbocycles. The Morgan fingerprint density at radius 1 is 1.65 bits per heavy atom. The van der Waals surface area contributed by atoms with E-state index in [0.29, 0.717) is 5.92 Å². The summed E-state index contributed by atoms with van der Waals surface area (Å²) in [6.45, 7) is 3.67. The summed E-state index contributed by atoms with van der Waals surface area (Å²) in [5.41, 5.74) is 5.05. The van der Waals surface area contributed by atoms with E-state index in [-0.39, 0.29) is 24.2 Å². The van der Waals surface area contributed by atoms with Crippen LogP contribution < -0.4 is 11.1 Å². The molecule has 4 N–H and O–H groups in total. The molecule has 0 heterocycles. The SMILES string of the molecule is COC(C)(C)CC(=O)NC(C(N)=NO)C1CC1. The lowest BCUT2D eigenvalue weighted by atomic mass is 10.0. The van der Waals surface area contributed by atoms with E-state index < -0.39 is 5.60 Å². The molecule has 1 rings (SSSR count). The van der Waals surface area contributed by atoms with Gasteiger partial charge in [-0.05, 0) is 32.6 Å². The van der Waals surface area contributed by atoms with E-state index in [4.69, 9.17) is 15.7 Å². The predicted molar refractivity (Wildman–Crippen MR) is 63.8 cm³/mol. The fourth-order valence-corrected chi connectivity index (χ4v) is 1.61. The van der Waals surface area contributed by atoms with Gasteiger partial charge in [-0.3, -0.25) is 4.79 Å². The number of carbonyl (C=O) groups is 1. The van der Waals surface area contributed by atoms with Crippen LogP contribution in [0.2, 0.25) is 0 Å². The number of hydrogen-bond donors (Lipinski definition) is 3. The van der Waals surface area contributed by atoms with Crippen LogP contribution in [-0.2, 0) is 9.53 Å². The number of oxime groups is 1. The molecule has 0 spiro atoms. The highest BCUT2D eigenvalue weighted by Crippen LogP contribution is 2.32. The molecule has 1 atom stereocenters. The van der Waals surface area contributed by atoms with E-state index in [9.17, 15) is 4.79 Å². The zero-order valence-electron chi connectivity index (χ0n) is 10.6. The number of hydrogen-bond acceptors (Lipinski definition) is 4. The van der Waals surface area contributed by atoms with Crippen molar-refractivity contribution in [1.29, 1.82) is 0 Å². The van der Waals surface area contributed by atoms with Crippen molar-refractivity contribution in [3.05, 3.63) is 0 Å². The highest BCUT2D eigenvalue weighted by atomic mass is 16.5. The number of nitrogens with zero attached hydrogens (tertiary/aromatic N) is 1. The van der Waals surface area contributed by atoms with Gasteiger partial charge in [0.05, 0.1) is 18.1 Å². The number of rotatable bonds is 6. The molecule has 1 saturated carbocycles. The summed E-state index contributed by atoms with van der Waals surface area (Å²) >= 11 is 0. The predicted octanol–water partition coefficient (Wildman–Crippen LogP) is 0.443. The number of amidine groups is 1. The van der Waals surface area contributed by atoms with Gasteiger partial charge in [-0.15, -0.1) is 0 Å². The third kappa shape index (κ3) is 4.22. The van der Waals surface area contributed by atoms with Crippen LogP contribution >= 0.6 is 0 Å². The molecule has 0 aromatic carbocycles. The van der Waals surface area contributed by atoms with Gasteiger partial charge in [-0.25, -0.2) is 0 Å². The van der Waals surface area contributed by atoms with Crippen molar-refractivity contribution in [2.24, 2.45) is 16.8 Å². The fourth-order valence-electron chi connectivity index (χ4n) is 1.61. The summed E-state index contributed by atoms with van der Waals surface area (Å²) in [6.07, 6.45) is 2.23. The average molecular weight is 243 g/mol. The monoisotopic (exact) mass is 243 g/mol. The Morgan fingerprint density at radius 3 is 2.65 bits per heavy atom. The van der Waals surface area contributed by atoms with Gasteiger partial charge in [-0.2, -0.15) is 0 Å². The summed E-state index contributed by atoms with van der Waals surface area (Å²) < 4.78 is 5.18. The molecule has 0 aromatic rings. The molecule has 1 fully saturated rings. The molecule has 0 bridgehead atoms. The minimum absolute atomic E-state index is 0.0658. The van der Waals surface area contributed by atoms with Crippen LogP contribution in [0.15, 0.2) is 5.16 Å². The van der Waals surface area contributed by atoms with Crippen LogP contribution in [0.1, 0.15) is 33.1 Å². The smallest absolute Gasteiger partial charge is 0.223 e. The van der Waals surface area contributed by atoms with Crippen molar-refractivity contribution in [3.63, 3.8) is 0 Å². The van der Waals surface area contributed by atoms with Crippen LogP contribution in [0.3, 0.4) is 0 Å². The zero-order chi connectivity index (χ0) is 13.1. The Bertz CT molecular complexity index is 311. The minimum atomic E-state index is -0.511. The van der Waals surface area contributed by atoms with Crippen LogP contribution in [0.5, 0.6) is 0 Å². The van der Waals surface area contributed by atoms with Gasteiger partial charge in [0.25, 0.3) is 0 Å². The largest absolute Gasteiger partial charge is 0.409 e. The number of amides is 1. The Kier molecular flexibility index (Phi) is 4.34. The van der Waals surface area contributed by atoms with Crippen molar-refractivity contribution in [3.8, 4) is 0 Å². The summed E-state index contributed by atoms with van der Waals surface area (Å²) in [5, 5.41) is 14.4. The number of nitrogens with one attached hydrogen (secondary N) is 1. The quantitative estimate of drug-likeness (QED) is 0.273. The topological polar surface area (TPSA) is 96.9 Å². The second-order valence-electron chi connectivity index (χ2n) is 5.05. The van der Waals surface area contributed by atoms with Crippen LogP contribution in [0.25, 0.3) is 0 Å². The molecule has 17 heavy (non-hydrogen) atoms. The standard InChI is InChI=1S/C11H21N3O3/c1-11(2,17-3)6-8(15)13-9(7-4-5-7)10(12)14-16/h7,9,16H,4-6H2,1-3H3,(H2,12,14)(H,13,15). The molecule has 0 saturated heterocycles. The van der Waals surface area contributed by atoms with E-state index in [0.717, 1.165) is 12.8 Å². The highest BCUT2D eigenvalue weighted by Gasteiger charge is 2.36. The van der Waals surface area contributed by atoms with Crippen molar-refractivity contribution >= 4 is 11.7 Å². The first kappa shape index (κ1) is 13.8.